The molecule has 0 unspecified atom stereocenters. The van der Waals surface area contributed by atoms with Crippen molar-refractivity contribution in [1.29, 1.82) is 0 Å². The minimum atomic E-state index is -4.24. The predicted molar refractivity (Wildman–Crippen MR) is 154 cm³/mol. The number of aromatic amines is 1. The minimum absolute atomic E-state index is 0.0881. The van der Waals surface area contributed by atoms with Crippen LogP contribution in [0.2, 0.25) is 0 Å². The van der Waals surface area contributed by atoms with Gasteiger partial charge in [-0.1, -0.05) is 47.7 Å². The van der Waals surface area contributed by atoms with Gasteiger partial charge >= 0.3 is 0 Å². The van der Waals surface area contributed by atoms with Gasteiger partial charge in [0.05, 0.1) is 28.8 Å². The molecule has 11 nitrogen and oxygen atoms in total. The molecule has 14 heteroatoms. The zero-order valence-corrected chi connectivity index (χ0v) is 23.3. The molecule has 0 aliphatic rings. The van der Waals surface area contributed by atoms with Crippen LogP contribution in [-0.2, 0) is 14.8 Å². The van der Waals surface area contributed by atoms with Gasteiger partial charge in [0.25, 0.3) is 10.0 Å². The second-order valence-corrected chi connectivity index (χ2v) is 11.0. The molecule has 2 N–H and O–H groups in total. The van der Waals surface area contributed by atoms with Gasteiger partial charge in [-0.05, 0) is 41.5 Å². The van der Waals surface area contributed by atoms with E-state index in [0.29, 0.717) is 34.6 Å². The SMILES string of the molecule is COCCOc1n[nH]c2ncc(-c3cn(-c4c(F)ccc(NS(=O)(=O)c5cccc(-c6ccccc6)c5)c4F)nn3)cc12. The summed E-state index contributed by atoms with van der Waals surface area (Å²) in [7, 11) is -2.69. The molecule has 0 aliphatic carbocycles. The molecule has 0 spiro atoms. The number of sulfonamides is 1. The maximum atomic E-state index is 15.7. The number of rotatable bonds is 10. The fraction of sp³-hybridized carbons (Fsp3) is 0.103. The first-order chi connectivity index (χ1) is 20.8. The third-order valence-corrected chi connectivity index (χ3v) is 7.85. The zero-order chi connectivity index (χ0) is 30.0. The Kier molecular flexibility index (Phi) is 7.52. The van der Waals surface area contributed by atoms with Gasteiger partial charge < -0.3 is 9.47 Å². The van der Waals surface area contributed by atoms with Crippen molar-refractivity contribution < 1.29 is 26.7 Å². The second kappa shape index (κ2) is 11.6. The summed E-state index contributed by atoms with van der Waals surface area (Å²) >= 11 is 0. The number of methoxy groups -OCH3 is 1. The number of benzene rings is 3. The zero-order valence-electron chi connectivity index (χ0n) is 22.5. The van der Waals surface area contributed by atoms with Gasteiger partial charge in [0.1, 0.15) is 18.0 Å². The first-order valence-electron chi connectivity index (χ1n) is 12.9. The van der Waals surface area contributed by atoms with E-state index in [0.717, 1.165) is 22.4 Å². The molecule has 0 aliphatic heterocycles. The number of halogens is 2. The van der Waals surface area contributed by atoms with Crippen LogP contribution < -0.4 is 9.46 Å². The number of hydrogen-bond acceptors (Lipinski definition) is 8. The van der Waals surface area contributed by atoms with E-state index in [1.807, 2.05) is 30.3 Å². The first-order valence-corrected chi connectivity index (χ1v) is 14.4. The molecule has 0 radical (unpaired) electrons. The van der Waals surface area contributed by atoms with Crippen molar-refractivity contribution in [3.63, 3.8) is 0 Å². The number of anilines is 1. The van der Waals surface area contributed by atoms with Gasteiger partial charge in [-0.2, -0.15) is 0 Å². The lowest BCUT2D eigenvalue weighted by Crippen LogP contribution is -2.15. The Labute approximate surface area is 244 Å². The van der Waals surface area contributed by atoms with Crippen LogP contribution >= 0.6 is 0 Å². The maximum absolute atomic E-state index is 15.7. The van der Waals surface area contributed by atoms with Crippen LogP contribution in [0.15, 0.2) is 90.1 Å². The van der Waals surface area contributed by atoms with Crippen LogP contribution in [0.3, 0.4) is 0 Å². The normalized spacial score (nSPS) is 11.6. The lowest BCUT2D eigenvalue weighted by Gasteiger charge is -2.13. The van der Waals surface area contributed by atoms with Crippen molar-refractivity contribution >= 4 is 26.7 Å². The van der Waals surface area contributed by atoms with Gasteiger partial charge in [-0.25, -0.2) is 26.9 Å². The highest BCUT2D eigenvalue weighted by Crippen LogP contribution is 2.30. The molecule has 3 aromatic heterocycles. The van der Waals surface area contributed by atoms with Crippen LogP contribution in [0, 0.1) is 11.6 Å². The molecule has 6 rings (SSSR count). The monoisotopic (exact) mass is 603 g/mol. The number of aromatic nitrogens is 6. The lowest BCUT2D eigenvalue weighted by molar-refractivity contribution is 0.144. The van der Waals surface area contributed by atoms with Crippen molar-refractivity contribution in [3.05, 3.63) is 96.8 Å². The van der Waals surface area contributed by atoms with Crippen molar-refractivity contribution in [3.8, 4) is 34.0 Å². The van der Waals surface area contributed by atoms with Gasteiger partial charge in [0.2, 0.25) is 5.88 Å². The molecule has 3 heterocycles. The summed E-state index contributed by atoms with van der Waals surface area (Å²) in [5.41, 5.74) is 1.60. The van der Waals surface area contributed by atoms with E-state index in [2.05, 4.69) is 30.2 Å². The summed E-state index contributed by atoms with van der Waals surface area (Å²) in [4.78, 5) is 4.21. The Morgan fingerprint density at radius 3 is 2.58 bits per heavy atom. The molecule has 6 aromatic rings. The number of H-pyrrole nitrogens is 1. The van der Waals surface area contributed by atoms with Crippen molar-refractivity contribution in [1.82, 2.24) is 30.2 Å². The number of fused-ring (bicyclic) bond motifs is 1. The number of hydrogen-bond donors (Lipinski definition) is 2. The Balaban J connectivity index is 1.29. The average Bonchev–Trinajstić information content (AvgIpc) is 3.67. The van der Waals surface area contributed by atoms with E-state index < -0.39 is 33.0 Å². The van der Waals surface area contributed by atoms with Crippen molar-refractivity contribution in [2.45, 2.75) is 4.90 Å². The summed E-state index contributed by atoms with van der Waals surface area (Å²) < 4.78 is 70.8. The highest BCUT2D eigenvalue weighted by atomic mass is 32.2. The molecule has 218 valence electrons. The molecular formula is C29H23F2N7O4S. The largest absolute Gasteiger partial charge is 0.474 e. The number of pyridine rings is 1. The average molecular weight is 604 g/mol. The second-order valence-electron chi connectivity index (χ2n) is 9.30. The van der Waals surface area contributed by atoms with Crippen molar-refractivity contribution in [2.24, 2.45) is 0 Å². The summed E-state index contributed by atoms with van der Waals surface area (Å²) in [5, 5.41) is 15.4. The molecular weight excluding hydrogens is 580 g/mol. The third-order valence-electron chi connectivity index (χ3n) is 6.49. The quantitative estimate of drug-likeness (QED) is 0.209. The molecule has 0 fully saturated rings. The smallest absolute Gasteiger partial charge is 0.262 e. The van der Waals surface area contributed by atoms with E-state index in [1.54, 1.807) is 25.3 Å². The Hall–Kier alpha value is -5.21. The van der Waals surface area contributed by atoms with Crippen molar-refractivity contribution in [2.75, 3.05) is 25.0 Å². The van der Waals surface area contributed by atoms with Gasteiger partial charge in [-0.15, -0.1) is 10.2 Å². The minimum Gasteiger partial charge on any atom is -0.474 e. The molecule has 0 saturated heterocycles. The molecule has 0 bridgehead atoms. The Morgan fingerprint density at radius 1 is 0.953 bits per heavy atom. The summed E-state index contributed by atoms with van der Waals surface area (Å²) in [5.74, 6) is -1.84. The fourth-order valence-corrected chi connectivity index (χ4v) is 5.47. The predicted octanol–water partition coefficient (Wildman–Crippen LogP) is 4.98. The van der Waals surface area contributed by atoms with Crippen LogP contribution in [0.25, 0.3) is 39.1 Å². The topological polar surface area (TPSA) is 137 Å². The van der Waals surface area contributed by atoms with Crippen LogP contribution in [0.1, 0.15) is 0 Å². The van der Waals surface area contributed by atoms with E-state index in [1.165, 1.54) is 24.5 Å². The molecule has 0 saturated carbocycles. The molecule has 3 aromatic carbocycles. The van der Waals surface area contributed by atoms with Gasteiger partial charge in [0, 0.05) is 18.9 Å². The van der Waals surface area contributed by atoms with E-state index >= 15 is 4.39 Å². The third kappa shape index (κ3) is 5.65. The maximum Gasteiger partial charge on any atom is 0.262 e. The summed E-state index contributed by atoms with van der Waals surface area (Å²) in [6, 6.07) is 19.1. The number of nitrogens with one attached hydrogen (secondary N) is 2. The van der Waals surface area contributed by atoms with Crippen LogP contribution in [0.5, 0.6) is 5.88 Å². The van der Waals surface area contributed by atoms with Crippen LogP contribution in [-0.4, -0.2) is 58.9 Å². The van der Waals surface area contributed by atoms with Gasteiger partial charge in [0.15, 0.2) is 17.3 Å². The Morgan fingerprint density at radius 2 is 1.77 bits per heavy atom. The van der Waals surface area contributed by atoms with E-state index in [4.69, 9.17) is 9.47 Å². The highest BCUT2D eigenvalue weighted by molar-refractivity contribution is 7.92. The van der Waals surface area contributed by atoms with E-state index in [9.17, 15) is 12.8 Å². The van der Waals surface area contributed by atoms with Crippen LogP contribution in [0.4, 0.5) is 14.5 Å². The fourth-order valence-electron chi connectivity index (χ4n) is 4.36. The molecule has 0 amide bonds. The van der Waals surface area contributed by atoms with Gasteiger partial charge in [-0.3, -0.25) is 9.82 Å². The highest BCUT2D eigenvalue weighted by Gasteiger charge is 2.23. The Bertz CT molecular complexity index is 2030. The summed E-state index contributed by atoms with van der Waals surface area (Å²) in [6.07, 6.45) is 2.80. The first kappa shape index (κ1) is 27.9. The number of ether oxygens (including phenoxy) is 2. The number of nitrogens with zero attached hydrogens (tertiary/aromatic N) is 5. The van der Waals surface area contributed by atoms with E-state index in [-0.39, 0.29) is 17.2 Å². The molecule has 0 atom stereocenters. The lowest BCUT2D eigenvalue weighted by atomic mass is 10.1. The standard InChI is InChI=1S/C29H23F2N7O4S/c1-41-12-13-42-29-22-15-20(16-32-28(22)34-35-29)25-17-38(37-33-25)27-23(30)10-11-24(26(27)31)36-43(39,40)21-9-5-8-19(14-21)18-6-3-2-4-7-18/h2-11,14-17,36H,12-13H2,1H3,(H,32,34,35). The molecule has 43 heavy (non-hydrogen) atoms. The summed E-state index contributed by atoms with van der Waals surface area (Å²) in [6.45, 7) is 0.635.